The summed E-state index contributed by atoms with van der Waals surface area (Å²) < 4.78 is 38.9. The molecule has 4 aromatic rings. The standard InChI is InChI=1S/C31H29F2N7O3/c1-4-24(41)38-11-12-39(22-15-21(22)38)29-17-14-19(33)27-25-18(32)6-5-7-20(25)34-10-13-43-23-8-9-35-26(16(2)3)28(23)40(30(17)36-27)31(42)37-29/h4-9,14,16,21-22,34H,1,10-13,15H2,2-3H3/t21-,22+/m0/s1. The maximum Gasteiger partial charge on any atom is 0.356 e. The van der Waals surface area contributed by atoms with Gasteiger partial charge in [-0.2, -0.15) is 4.98 Å². The second-order valence-electron chi connectivity index (χ2n) is 11.2. The molecule has 10 nitrogen and oxygen atoms in total. The SMILES string of the molecule is C=CC(=O)N1CCN(c2nc(=O)n3c4nc(c(F)cc24)-c2c(F)cccc2NCCOc2ccnc(C(C)C)c2-3)[C@@H]2C[C@@H]21. The molecule has 1 N–H and O–H groups in total. The van der Waals surface area contributed by atoms with Crippen LogP contribution in [0.2, 0.25) is 0 Å². The molecule has 1 aliphatic carbocycles. The smallest absolute Gasteiger partial charge is 0.356 e. The number of fused-ring (bicyclic) bond motifs is 6. The molecule has 2 atom stereocenters. The lowest BCUT2D eigenvalue weighted by Gasteiger charge is -2.35. The molecule has 1 amide bonds. The van der Waals surface area contributed by atoms with Gasteiger partial charge in [0.1, 0.15) is 35.4 Å². The van der Waals surface area contributed by atoms with Crippen LogP contribution in [0.4, 0.5) is 20.3 Å². The van der Waals surface area contributed by atoms with Crippen LogP contribution in [0.1, 0.15) is 31.9 Å². The number of benzene rings is 1. The molecule has 0 radical (unpaired) electrons. The minimum absolute atomic E-state index is 0.0471. The summed E-state index contributed by atoms with van der Waals surface area (Å²) in [5, 5.41) is 3.42. The molecule has 220 valence electrons. The highest BCUT2D eigenvalue weighted by atomic mass is 19.1. The van der Waals surface area contributed by atoms with Crippen LogP contribution in [0, 0.1) is 11.6 Å². The zero-order valence-electron chi connectivity index (χ0n) is 23.7. The van der Waals surface area contributed by atoms with E-state index in [-0.39, 0.29) is 65.2 Å². The van der Waals surface area contributed by atoms with E-state index in [2.05, 4.69) is 26.8 Å². The van der Waals surface area contributed by atoms with Crippen molar-refractivity contribution in [3.63, 3.8) is 0 Å². The molecular formula is C31H29F2N7O3. The molecule has 2 bridgehead atoms. The van der Waals surface area contributed by atoms with Gasteiger partial charge in [-0.15, -0.1) is 0 Å². The average molecular weight is 586 g/mol. The minimum atomic E-state index is -0.759. The molecule has 2 fully saturated rings. The molecule has 2 aliphatic heterocycles. The van der Waals surface area contributed by atoms with Crippen molar-refractivity contribution in [1.29, 1.82) is 0 Å². The summed E-state index contributed by atoms with van der Waals surface area (Å²) in [5.74, 6) is -1.03. The minimum Gasteiger partial charge on any atom is -0.489 e. The molecule has 1 saturated carbocycles. The summed E-state index contributed by atoms with van der Waals surface area (Å²) in [6.07, 6.45) is 3.59. The van der Waals surface area contributed by atoms with Crippen LogP contribution < -0.4 is 20.6 Å². The first kappa shape index (κ1) is 27.0. The van der Waals surface area contributed by atoms with Crippen LogP contribution in [0.5, 0.6) is 5.75 Å². The van der Waals surface area contributed by atoms with E-state index >= 15 is 8.78 Å². The number of anilines is 2. The highest BCUT2D eigenvalue weighted by Crippen LogP contribution is 2.42. The number of hydrogen-bond donors (Lipinski definition) is 1. The molecule has 3 aliphatic rings. The molecule has 3 aromatic heterocycles. The summed E-state index contributed by atoms with van der Waals surface area (Å²) in [5.41, 5.74) is 0.437. The number of halogens is 2. The van der Waals surface area contributed by atoms with Gasteiger partial charge in [-0.25, -0.2) is 23.1 Å². The maximum atomic E-state index is 16.1. The Bertz CT molecular complexity index is 1870. The van der Waals surface area contributed by atoms with Gasteiger partial charge < -0.3 is 19.9 Å². The fourth-order valence-corrected chi connectivity index (χ4v) is 6.22. The Morgan fingerprint density at radius 2 is 2.00 bits per heavy atom. The Balaban J connectivity index is 1.53. The molecule has 43 heavy (non-hydrogen) atoms. The van der Waals surface area contributed by atoms with Crippen molar-refractivity contribution >= 4 is 28.4 Å². The number of amides is 1. The van der Waals surface area contributed by atoms with Gasteiger partial charge in [0.05, 0.1) is 28.7 Å². The van der Waals surface area contributed by atoms with Crippen LogP contribution in [-0.4, -0.2) is 68.7 Å². The summed E-state index contributed by atoms with van der Waals surface area (Å²) in [6, 6.07) is 7.20. The first-order chi connectivity index (χ1) is 20.8. The number of pyridine rings is 2. The van der Waals surface area contributed by atoms with Crippen LogP contribution in [0.3, 0.4) is 0 Å². The van der Waals surface area contributed by atoms with E-state index in [0.29, 0.717) is 42.3 Å². The van der Waals surface area contributed by atoms with E-state index < -0.39 is 17.3 Å². The van der Waals surface area contributed by atoms with E-state index in [9.17, 15) is 9.59 Å². The van der Waals surface area contributed by atoms with Crippen molar-refractivity contribution in [1.82, 2.24) is 24.4 Å². The van der Waals surface area contributed by atoms with Gasteiger partial charge in [-0.1, -0.05) is 26.5 Å². The lowest BCUT2D eigenvalue weighted by Crippen LogP contribution is -2.49. The lowest BCUT2D eigenvalue weighted by molar-refractivity contribution is -0.126. The fourth-order valence-electron chi connectivity index (χ4n) is 6.22. The Labute approximate surface area is 245 Å². The molecule has 12 heteroatoms. The largest absolute Gasteiger partial charge is 0.489 e. The van der Waals surface area contributed by atoms with Gasteiger partial charge in [-0.3, -0.25) is 9.78 Å². The summed E-state index contributed by atoms with van der Waals surface area (Å²) in [7, 11) is 0. The normalized spacial score (nSPS) is 19.0. The Kier molecular flexibility index (Phi) is 6.37. The van der Waals surface area contributed by atoms with Crippen LogP contribution >= 0.6 is 0 Å². The Morgan fingerprint density at radius 3 is 2.79 bits per heavy atom. The van der Waals surface area contributed by atoms with Crippen molar-refractivity contribution < 1.29 is 18.3 Å². The van der Waals surface area contributed by atoms with E-state index in [1.807, 2.05) is 18.7 Å². The molecule has 0 unspecified atom stereocenters. The number of carbonyl (C=O) groups excluding carboxylic acids is 1. The number of piperazine rings is 1. The zero-order valence-corrected chi connectivity index (χ0v) is 23.7. The second kappa shape index (κ2) is 10.1. The van der Waals surface area contributed by atoms with E-state index in [1.54, 1.807) is 23.2 Å². The average Bonchev–Trinajstić information content (AvgIpc) is 3.79. The van der Waals surface area contributed by atoms with Gasteiger partial charge >= 0.3 is 5.69 Å². The summed E-state index contributed by atoms with van der Waals surface area (Å²) >= 11 is 0. The highest BCUT2D eigenvalue weighted by molar-refractivity contribution is 5.93. The Hall–Kier alpha value is -4.87. The predicted octanol–water partition coefficient (Wildman–Crippen LogP) is 4.02. The lowest BCUT2D eigenvalue weighted by atomic mass is 10.1. The van der Waals surface area contributed by atoms with Gasteiger partial charge in [-0.05, 0) is 36.6 Å². The maximum absolute atomic E-state index is 16.1. The van der Waals surface area contributed by atoms with E-state index in [4.69, 9.17) is 4.74 Å². The number of ether oxygens (including phenoxy) is 1. The van der Waals surface area contributed by atoms with Crippen LogP contribution in [0.25, 0.3) is 28.0 Å². The third-order valence-corrected chi connectivity index (χ3v) is 8.25. The monoisotopic (exact) mass is 585 g/mol. The number of nitrogens with zero attached hydrogens (tertiary/aromatic N) is 6. The number of aromatic nitrogens is 4. The van der Waals surface area contributed by atoms with E-state index in [1.165, 1.54) is 28.8 Å². The quantitative estimate of drug-likeness (QED) is 0.360. The third kappa shape index (κ3) is 4.31. The molecule has 1 saturated heterocycles. The summed E-state index contributed by atoms with van der Waals surface area (Å²) in [4.78, 5) is 43.9. The van der Waals surface area contributed by atoms with Crippen molar-refractivity contribution in [3.8, 4) is 22.7 Å². The van der Waals surface area contributed by atoms with Gasteiger partial charge in [0.2, 0.25) is 5.91 Å². The van der Waals surface area contributed by atoms with Crippen LogP contribution in [-0.2, 0) is 4.79 Å². The molecular weight excluding hydrogens is 556 g/mol. The number of nitrogens with one attached hydrogen (secondary N) is 1. The van der Waals surface area contributed by atoms with Crippen LogP contribution in [0.15, 0.2) is 54.0 Å². The molecule has 1 aromatic carbocycles. The van der Waals surface area contributed by atoms with Crippen molar-refractivity contribution in [2.45, 2.75) is 38.3 Å². The highest BCUT2D eigenvalue weighted by Gasteiger charge is 2.51. The molecule has 7 rings (SSSR count). The Morgan fingerprint density at radius 1 is 1.16 bits per heavy atom. The number of hydrogen-bond acceptors (Lipinski definition) is 8. The van der Waals surface area contributed by atoms with Gasteiger partial charge in [0, 0.05) is 37.6 Å². The number of carbonyl (C=O) groups is 1. The first-order valence-electron chi connectivity index (χ1n) is 14.3. The second-order valence-corrected chi connectivity index (χ2v) is 11.2. The zero-order chi connectivity index (χ0) is 30.0. The molecule has 0 spiro atoms. The van der Waals surface area contributed by atoms with Gasteiger partial charge in [0.25, 0.3) is 0 Å². The third-order valence-electron chi connectivity index (χ3n) is 8.25. The number of rotatable bonds is 3. The van der Waals surface area contributed by atoms with Crippen molar-refractivity contribution in [2.24, 2.45) is 0 Å². The predicted molar refractivity (Wildman–Crippen MR) is 158 cm³/mol. The van der Waals surface area contributed by atoms with E-state index in [0.717, 1.165) is 0 Å². The van der Waals surface area contributed by atoms with Crippen molar-refractivity contribution in [2.75, 3.05) is 36.5 Å². The van der Waals surface area contributed by atoms with Crippen molar-refractivity contribution in [3.05, 3.63) is 77.0 Å². The summed E-state index contributed by atoms with van der Waals surface area (Å²) in [6.45, 7) is 8.72. The first-order valence-corrected chi connectivity index (χ1v) is 14.3. The topological polar surface area (TPSA) is 105 Å². The van der Waals surface area contributed by atoms with Gasteiger partial charge in [0.15, 0.2) is 11.5 Å². The fraction of sp³-hybridized carbons (Fsp3) is 0.323. The molecule has 5 heterocycles.